The average molecular weight is 360 g/mol. The van der Waals surface area contributed by atoms with Crippen molar-refractivity contribution in [2.24, 2.45) is 0 Å². The molecule has 1 aliphatic rings. The van der Waals surface area contributed by atoms with Crippen LogP contribution >= 0.6 is 11.6 Å². The summed E-state index contributed by atoms with van der Waals surface area (Å²) in [6, 6.07) is 6.64. The molecule has 0 spiro atoms. The number of benzene rings is 1. The third-order valence-electron chi connectivity index (χ3n) is 3.70. The van der Waals surface area contributed by atoms with Crippen LogP contribution in [0.1, 0.15) is 26.2 Å². The number of urea groups is 1. The zero-order chi connectivity index (χ0) is 16.9. The molecular weight excluding hydrogens is 338 g/mol. The Labute approximate surface area is 142 Å². The van der Waals surface area contributed by atoms with Crippen LogP contribution in [0.25, 0.3) is 0 Å². The third-order valence-corrected chi connectivity index (χ3v) is 5.59. The minimum atomic E-state index is -3.20. The molecule has 0 atom stereocenters. The van der Waals surface area contributed by atoms with Crippen molar-refractivity contribution >= 4 is 33.3 Å². The number of amides is 2. The fourth-order valence-corrected chi connectivity index (χ4v) is 4.04. The van der Waals surface area contributed by atoms with Crippen molar-refractivity contribution in [1.29, 1.82) is 0 Å². The van der Waals surface area contributed by atoms with Gasteiger partial charge >= 0.3 is 6.03 Å². The summed E-state index contributed by atoms with van der Waals surface area (Å²) >= 11 is 5.81. The first-order chi connectivity index (χ1) is 10.9. The first kappa shape index (κ1) is 18.0. The van der Waals surface area contributed by atoms with Crippen molar-refractivity contribution in [3.8, 4) is 0 Å². The monoisotopic (exact) mass is 359 g/mol. The van der Waals surface area contributed by atoms with Gasteiger partial charge in [0.25, 0.3) is 0 Å². The molecular formula is C15H22ClN3O3S. The van der Waals surface area contributed by atoms with Crippen LogP contribution in [0.5, 0.6) is 0 Å². The highest BCUT2D eigenvalue weighted by Gasteiger charge is 2.25. The second-order valence-electron chi connectivity index (χ2n) is 5.64. The molecule has 1 saturated heterocycles. The van der Waals surface area contributed by atoms with Gasteiger partial charge in [0.1, 0.15) is 0 Å². The molecule has 1 heterocycles. The van der Waals surface area contributed by atoms with E-state index in [0.29, 0.717) is 43.1 Å². The van der Waals surface area contributed by atoms with Crippen molar-refractivity contribution in [1.82, 2.24) is 9.62 Å². The highest BCUT2D eigenvalue weighted by molar-refractivity contribution is 7.89. The Hall–Kier alpha value is -1.31. The van der Waals surface area contributed by atoms with Gasteiger partial charge in [-0.1, -0.05) is 18.5 Å². The zero-order valence-corrected chi connectivity index (χ0v) is 14.7. The van der Waals surface area contributed by atoms with Gasteiger partial charge in [0.2, 0.25) is 10.0 Å². The number of piperidine rings is 1. The molecule has 1 fully saturated rings. The molecule has 0 unspecified atom stereocenters. The van der Waals surface area contributed by atoms with E-state index in [1.54, 1.807) is 29.2 Å². The molecule has 1 aliphatic heterocycles. The number of rotatable bonds is 5. The van der Waals surface area contributed by atoms with Crippen LogP contribution in [0.15, 0.2) is 24.3 Å². The molecule has 8 heteroatoms. The fraction of sp³-hybridized carbons (Fsp3) is 0.533. The number of halogens is 1. The Morgan fingerprint density at radius 2 is 1.87 bits per heavy atom. The minimum absolute atomic E-state index is 0.0915. The lowest BCUT2D eigenvalue weighted by atomic mass is 10.1. The normalized spacial score (nSPS) is 16.3. The van der Waals surface area contributed by atoms with Gasteiger partial charge in [0.05, 0.1) is 5.75 Å². The summed E-state index contributed by atoms with van der Waals surface area (Å²) in [6.07, 6.45) is 1.84. The van der Waals surface area contributed by atoms with E-state index >= 15 is 0 Å². The summed E-state index contributed by atoms with van der Waals surface area (Å²) in [5.74, 6) is 0.143. The van der Waals surface area contributed by atoms with Crippen LogP contribution in [-0.2, 0) is 10.0 Å². The number of likely N-dealkylation sites (tertiary alicyclic amines) is 1. The predicted molar refractivity (Wildman–Crippen MR) is 92.3 cm³/mol. The lowest BCUT2D eigenvalue weighted by Crippen LogP contribution is -2.48. The van der Waals surface area contributed by atoms with E-state index in [1.807, 2.05) is 6.92 Å². The van der Waals surface area contributed by atoms with E-state index in [0.717, 1.165) is 0 Å². The number of nitrogens with one attached hydrogen (secondary N) is 2. The number of sulfonamides is 1. The van der Waals surface area contributed by atoms with Gasteiger partial charge in [-0.25, -0.2) is 17.9 Å². The highest BCUT2D eigenvalue weighted by atomic mass is 35.5. The number of carbonyl (C=O) groups is 1. The molecule has 2 rings (SSSR count). The van der Waals surface area contributed by atoms with Gasteiger partial charge in [-0.2, -0.15) is 0 Å². The number of anilines is 1. The Kier molecular flexibility index (Phi) is 6.26. The number of carbonyl (C=O) groups excluding carboxylic acids is 1. The topological polar surface area (TPSA) is 78.5 Å². The Morgan fingerprint density at radius 3 is 2.43 bits per heavy atom. The van der Waals surface area contributed by atoms with Crippen LogP contribution in [0.4, 0.5) is 10.5 Å². The van der Waals surface area contributed by atoms with Crippen LogP contribution in [0.2, 0.25) is 5.02 Å². The summed E-state index contributed by atoms with van der Waals surface area (Å²) in [7, 11) is -3.20. The van der Waals surface area contributed by atoms with Crippen molar-refractivity contribution in [3.63, 3.8) is 0 Å². The second kappa shape index (κ2) is 7.99. The number of nitrogens with zero attached hydrogens (tertiary/aromatic N) is 1. The van der Waals surface area contributed by atoms with Crippen molar-refractivity contribution in [3.05, 3.63) is 29.3 Å². The van der Waals surface area contributed by atoms with Gasteiger partial charge in [0.15, 0.2) is 0 Å². The standard InChI is InChI=1S/C15H22ClN3O3S/c1-2-11-23(21,22)18-14-7-9-19(10-8-14)15(20)17-13-5-3-12(16)4-6-13/h3-6,14,18H,2,7-11H2,1H3,(H,17,20). The number of hydrogen-bond donors (Lipinski definition) is 2. The molecule has 23 heavy (non-hydrogen) atoms. The lowest BCUT2D eigenvalue weighted by Gasteiger charge is -2.32. The molecule has 0 saturated carbocycles. The maximum absolute atomic E-state index is 12.2. The van der Waals surface area contributed by atoms with Gasteiger partial charge < -0.3 is 10.2 Å². The largest absolute Gasteiger partial charge is 0.324 e. The van der Waals surface area contributed by atoms with Crippen LogP contribution < -0.4 is 10.0 Å². The fourth-order valence-electron chi connectivity index (χ4n) is 2.52. The minimum Gasteiger partial charge on any atom is -0.324 e. The first-order valence-electron chi connectivity index (χ1n) is 7.71. The molecule has 2 N–H and O–H groups in total. The Balaban J connectivity index is 1.82. The summed E-state index contributed by atoms with van der Waals surface area (Å²) in [4.78, 5) is 13.9. The van der Waals surface area contributed by atoms with E-state index in [1.165, 1.54) is 0 Å². The summed E-state index contributed by atoms with van der Waals surface area (Å²) < 4.78 is 26.2. The van der Waals surface area contributed by atoms with E-state index in [9.17, 15) is 13.2 Å². The van der Waals surface area contributed by atoms with Gasteiger partial charge in [-0.05, 0) is 43.5 Å². The quantitative estimate of drug-likeness (QED) is 0.848. The van der Waals surface area contributed by atoms with E-state index in [4.69, 9.17) is 11.6 Å². The molecule has 0 radical (unpaired) electrons. The molecule has 6 nitrogen and oxygen atoms in total. The van der Waals surface area contributed by atoms with Crippen molar-refractivity contribution < 1.29 is 13.2 Å². The average Bonchev–Trinajstić information content (AvgIpc) is 2.49. The van der Waals surface area contributed by atoms with E-state index in [2.05, 4.69) is 10.0 Å². The molecule has 1 aromatic carbocycles. The zero-order valence-electron chi connectivity index (χ0n) is 13.1. The van der Waals surface area contributed by atoms with E-state index in [-0.39, 0.29) is 17.8 Å². The molecule has 128 valence electrons. The number of hydrogen-bond acceptors (Lipinski definition) is 3. The predicted octanol–water partition coefficient (Wildman–Crippen LogP) is 2.67. The maximum Gasteiger partial charge on any atom is 0.321 e. The van der Waals surface area contributed by atoms with Gasteiger partial charge in [-0.3, -0.25) is 0 Å². The Bertz CT molecular complexity index is 626. The van der Waals surface area contributed by atoms with Gasteiger partial charge in [-0.15, -0.1) is 0 Å². The molecule has 0 aromatic heterocycles. The highest BCUT2D eigenvalue weighted by Crippen LogP contribution is 2.16. The SMILES string of the molecule is CCCS(=O)(=O)NC1CCN(C(=O)Nc2ccc(Cl)cc2)CC1. The second-order valence-corrected chi connectivity index (χ2v) is 7.94. The first-order valence-corrected chi connectivity index (χ1v) is 9.74. The maximum atomic E-state index is 12.2. The van der Waals surface area contributed by atoms with Gasteiger partial charge in [0, 0.05) is 29.8 Å². The third kappa shape index (κ3) is 5.67. The Morgan fingerprint density at radius 1 is 1.26 bits per heavy atom. The molecule has 1 aromatic rings. The molecule has 2 amide bonds. The summed E-state index contributed by atoms with van der Waals surface area (Å²) in [5.41, 5.74) is 0.685. The van der Waals surface area contributed by atoms with Crippen LogP contribution in [0, 0.1) is 0 Å². The summed E-state index contributed by atoms with van der Waals surface area (Å²) in [6.45, 7) is 2.89. The molecule has 0 aliphatic carbocycles. The lowest BCUT2D eigenvalue weighted by molar-refractivity contribution is 0.193. The molecule has 0 bridgehead atoms. The van der Waals surface area contributed by atoms with Crippen molar-refractivity contribution in [2.45, 2.75) is 32.2 Å². The summed E-state index contributed by atoms with van der Waals surface area (Å²) in [5, 5.41) is 3.43. The van der Waals surface area contributed by atoms with Crippen LogP contribution in [-0.4, -0.2) is 44.2 Å². The van der Waals surface area contributed by atoms with Crippen molar-refractivity contribution in [2.75, 3.05) is 24.2 Å². The van der Waals surface area contributed by atoms with E-state index < -0.39 is 10.0 Å². The smallest absolute Gasteiger partial charge is 0.321 e. The van der Waals surface area contributed by atoms with Crippen LogP contribution in [0.3, 0.4) is 0 Å².